The fourth-order valence-corrected chi connectivity index (χ4v) is 4.55. The molecule has 1 rings (SSSR count). The van der Waals surface area contributed by atoms with E-state index in [4.69, 9.17) is 15.5 Å². The Balaban J connectivity index is 3.60. The van der Waals surface area contributed by atoms with Crippen LogP contribution in [0.5, 0.6) is 0 Å². The number of benzene rings is 1. The van der Waals surface area contributed by atoms with E-state index in [2.05, 4.69) is 20.7 Å². The van der Waals surface area contributed by atoms with Crippen LogP contribution >= 0.6 is 23.5 Å². The minimum Gasteiger partial charge on any atom is -0.368 e. The molecule has 0 aromatic heterocycles. The van der Waals surface area contributed by atoms with Gasteiger partial charge in [-0.15, -0.1) is 0 Å². The number of hydrogen-bond donors (Lipinski definition) is 4. The predicted octanol–water partition coefficient (Wildman–Crippen LogP) is 1.71. The fraction of sp³-hybridized carbons (Fsp3) is 0.462. The molecule has 13 heteroatoms. The molecule has 0 aliphatic rings. The van der Waals surface area contributed by atoms with Crippen LogP contribution in [0.3, 0.4) is 0 Å². The molecule has 1 aromatic rings. The SMILES string of the molecule is CCC(NS(=O)(=O)CC)(C(N)=O)c1ccc(C(F)(F)P(=O)(O)O)c(Br)c1. The first kappa shape index (κ1) is 23.1. The topological polar surface area (TPSA) is 147 Å². The van der Waals surface area contributed by atoms with E-state index in [0.29, 0.717) is 6.07 Å². The summed E-state index contributed by atoms with van der Waals surface area (Å²) in [5.74, 6) is -1.41. The Morgan fingerprint density at radius 3 is 2.23 bits per heavy atom. The van der Waals surface area contributed by atoms with Gasteiger partial charge in [-0.1, -0.05) is 35.0 Å². The molecule has 0 fully saturated rings. The summed E-state index contributed by atoms with van der Waals surface area (Å²) in [4.78, 5) is 29.7. The number of rotatable bonds is 8. The van der Waals surface area contributed by atoms with Gasteiger partial charge in [-0.25, -0.2) is 8.42 Å². The smallest absolute Gasteiger partial charge is 0.368 e. The maximum absolute atomic E-state index is 13.9. The summed E-state index contributed by atoms with van der Waals surface area (Å²) >= 11 is 2.79. The molecule has 148 valence electrons. The van der Waals surface area contributed by atoms with E-state index in [9.17, 15) is 26.6 Å². The number of sulfonamides is 1. The van der Waals surface area contributed by atoms with Crippen molar-refractivity contribution in [1.29, 1.82) is 0 Å². The fourth-order valence-electron chi connectivity index (χ4n) is 2.22. The molecule has 1 aromatic carbocycles. The van der Waals surface area contributed by atoms with Crippen molar-refractivity contribution < 1.29 is 36.3 Å². The molecule has 0 aliphatic heterocycles. The minimum absolute atomic E-state index is 0.0540. The van der Waals surface area contributed by atoms with E-state index < -0.39 is 44.8 Å². The second-order valence-corrected chi connectivity index (χ2v) is 9.92. The number of halogens is 3. The highest BCUT2D eigenvalue weighted by atomic mass is 79.9. The van der Waals surface area contributed by atoms with Gasteiger partial charge in [0.2, 0.25) is 15.9 Å². The molecule has 1 unspecified atom stereocenters. The minimum atomic E-state index is -5.80. The summed E-state index contributed by atoms with van der Waals surface area (Å²) in [6.07, 6.45) is -0.123. The molecule has 8 nitrogen and oxygen atoms in total. The second-order valence-electron chi connectivity index (χ2n) is 5.41. The average molecular weight is 479 g/mol. The summed E-state index contributed by atoms with van der Waals surface area (Å²) < 4.78 is 64.5. The lowest BCUT2D eigenvalue weighted by Crippen LogP contribution is -2.54. The lowest BCUT2D eigenvalue weighted by molar-refractivity contribution is -0.124. The van der Waals surface area contributed by atoms with Crippen LogP contribution < -0.4 is 10.5 Å². The Bertz CT molecular complexity index is 860. The molecule has 5 N–H and O–H groups in total. The van der Waals surface area contributed by atoms with E-state index >= 15 is 0 Å². The third kappa shape index (κ3) is 4.32. The summed E-state index contributed by atoms with van der Waals surface area (Å²) in [5, 5.41) is 0. The zero-order valence-corrected chi connectivity index (χ0v) is 17.0. The standard InChI is InChI=1S/C13H18BrF2N2O6PS/c1-3-12(11(17)19,18-26(23,24)4-2)8-5-6-9(10(14)7-8)13(15,16)25(20,21)22/h5-7,18H,3-4H2,1-2H3,(H2,17,19)(H2,20,21,22). The van der Waals surface area contributed by atoms with Crippen LogP contribution in [0, 0.1) is 0 Å². The molecule has 0 bridgehead atoms. The normalized spacial score (nSPS) is 15.5. The Morgan fingerprint density at radius 2 is 1.88 bits per heavy atom. The molecule has 0 spiro atoms. The predicted molar refractivity (Wildman–Crippen MR) is 93.8 cm³/mol. The van der Waals surface area contributed by atoms with Gasteiger partial charge in [0, 0.05) is 10.0 Å². The van der Waals surface area contributed by atoms with Crippen LogP contribution in [0.1, 0.15) is 31.4 Å². The zero-order valence-electron chi connectivity index (χ0n) is 13.7. The van der Waals surface area contributed by atoms with Crippen LogP contribution in [-0.4, -0.2) is 29.9 Å². The van der Waals surface area contributed by atoms with Crippen molar-refractivity contribution in [2.75, 3.05) is 5.75 Å². The third-order valence-electron chi connectivity index (χ3n) is 3.81. The number of carbonyl (C=O) groups excluding carboxylic acids is 1. The average Bonchev–Trinajstić information content (AvgIpc) is 2.50. The van der Waals surface area contributed by atoms with Crippen LogP contribution in [0.25, 0.3) is 0 Å². The number of primary amides is 1. The molecule has 0 saturated carbocycles. The highest BCUT2D eigenvalue weighted by molar-refractivity contribution is 9.10. The van der Waals surface area contributed by atoms with Gasteiger partial charge in [-0.2, -0.15) is 13.5 Å². The van der Waals surface area contributed by atoms with E-state index in [-0.39, 0.29) is 17.7 Å². The monoisotopic (exact) mass is 478 g/mol. The molecular weight excluding hydrogens is 461 g/mol. The summed E-state index contributed by atoms with van der Waals surface area (Å²) in [6, 6.07) is 2.65. The Hall–Kier alpha value is -0.910. The summed E-state index contributed by atoms with van der Waals surface area (Å²) in [7, 11) is -9.70. The maximum atomic E-state index is 13.9. The largest absolute Gasteiger partial charge is 0.399 e. The van der Waals surface area contributed by atoms with Gasteiger partial charge in [-0.05, 0) is 25.0 Å². The van der Waals surface area contributed by atoms with Crippen molar-refractivity contribution in [3.8, 4) is 0 Å². The van der Waals surface area contributed by atoms with Gasteiger partial charge in [0.25, 0.3) is 0 Å². The van der Waals surface area contributed by atoms with E-state index in [1.54, 1.807) is 0 Å². The highest BCUT2D eigenvalue weighted by Crippen LogP contribution is 2.60. The first-order chi connectivity index (χ1) is 11.6. The molecule has 1 atom stereocenters. The van der Waals surface area contributed by atoms with E-state index in [1.165, 1.54) is 13.8 Å². The van der Waals surface area contributed by atoms with E-state index in [1.807, 2.05) is 0 Å². The van der Waals surface area contributed by atoms with Crippen molar-refractivity contribution in [1.82, 2.24) is 4.72 Å². The van der Waals surface area contributed by atoms with Crippen molar-refractivity contribution in [3.63, 3.8) is 0 Å². The Labute approximate surface area is 157 Å². The molecule has 1 amide bonds. The number of alkyl halides is 2. The lowest BCUT2D eigenvalue weighted by atomic mass is 9.87. The zero-order chi connectivity index (χ0) is 20.6. The quantitative estimate of drug-likeness (QED) is 0.418. The summed E-state index contributed by atoms with van der Waals surface area (Å²) in [6.45, 7) is 2.80. The molecule has 0 radical (unpaired) electrons. The van der Waals surface area contributed by atoms with Crippen LogP contribution in [0.2, 0.25) is 0 Å². The number of carbonyl (C=O) groups is 1. The molecule has 0 aliphatic carbocycles. The Morgan fingerprint density at radius 1 is 1.35 bits per heavy atom. The Kier molecular flexibility index (Phi) is 6.77. The van der Waals surface area contributed by atoms with Crippen molar-refractivity contribution in [2.45, 2.75) is 31.5 Å². The number of hydrogen-bond acceptors (Lipinski definition) is 4. The maximum Gasteiger partial charge on any atom is 0.399 e. The first-order valence-corrected chi connectivity index (χ1v) is 11.3. The lowest BCUT2D eigenvalue weighted by Gasteiger charge is -2.31. The first-order valence-electron chi connectivity index (χ1n) is 7.20. The molecular formula is C13H18BrF2N2O6PS. The van der Waals surface area contributed by atoms with Crippen LogP contribution in [-0.2, 0) is 30.6 Å². The van der Waals surface area contributed by atoms with Gasteiger partial charge < -0.3 is 15.5 Å². The molecule has 0 heterocycles. The number of nitrogens with two attached hydrogens (primary N) is 1. The van der Waals surface area contributed by atoms with Crippen molar-refractivity contribution in [3.05, 3.63) is 33.8 Å². The van der Waals surface area contributed by atoms with Crippen molar-refractivity contribution in [2.24, 2.45) is 5.73 Å². The molecule has 26 heavy (non-hydrogen) atoms. The third-order valence-corrected chi connectivity index (χ3v) is 6.86. The van der Waals surface area contributed by atoms with Crippen LogP contribution in [0.4, 0.5) is 8.78 Å². The molecule has 0 saturated heterocycles. The van der Waals surface area contributed by atoms with Gasteiger partial charge in [-0.3, -0.25) is 9.36 Å². The second kappa shape index (κ2) is 7.61. The summed E-state index contributed by atoms with van der Waals surface area (Å²) in [5.41, 5.74) is -2.09. The van der Waals surface area contributed by atoms with Crippen molar-refractivity contribution >= 4 is 39.5 Å². The van der Waals surface area contributed by atoms with Gasteiger partial charge in [0.1, 0.15) is 5.54 Å². The van der Waals surface area contributed by atoms with Gasteiger partial charge >= 0.3 is 13.3 Å². The van der Waals surface area contributed by atoms with Gasteiger partial charge in [0.05, 0.1) is 5.75 Å². The van der Waals surface area contributed by atoms with Crippen LogP contribution in [0.15, 0.2) is 22.7 Å². The highest BCUT2D eigenvalue weighted by Gasteiger charge is 2.52. The number of amides is 1. The van der Waals surface area contributed by atoms with E-state index in [0.717, 1.165) is 12.1 Å². The number of nitrogens with one attached hydrogen (secondary N) is 1. The van der Waals surface area contributed by atoms with Gasteiger partial charge in [0.15, 0.2) is 0 Å².